The van der Waals surface area contributed by atoms with E-state index in [2.05, 4.69) is 0 Å². The molecular formula is C36H34F6O6S. The average Bonchev–Trinajstić information content (AvgIpc) is 2.96. The number of ether oxygens (including phenoxy) is 2. The Morgan fingerprint density at radius 1 is 0.612 bits per heavy atom. The Bertz CT molecular complexity index is 1900. The van der Waals surface area contributed by atoms with Crippen LogP contribution in [0.5, 0.6) is 17.2 Å². The highest BCUT2D eigenvalue weighted by molar-refractivity contribution is 7.86. The van der Waals surface area contributed by atoms with Gasteiger partial charge in [-0.05, 0) is 91.4 Å². The molecule has 0 aliphatic rings. The molecule has 1 N–H and O–H groups in total. The van der Waals surface area contributed by atoms with Gasteiger partial charge in [-0.1, -0.05) is 63.2 Å². The van der Waals surface area contributed by atoms with Crippen LogP contribution in [0, 0.1) is 0 Å². The van der Waals surface area contributed by atoms with E-state index in [1.165, 1.54) is 24.3 Å². The van der Waals surface area contributed by atoms with Crippen molar-refractivity contribution in [2.75, 3.05) is 0 Å². The third kappa shape index (κ3) is 7.94. The second-order valence-electron chi connectivity index (χ2n) is 13.4. The average molecular weight is 709 g/mol. The summed E-state index contributed by atoms with van der Waals surface area (Å²) in [5, 5.41) is 0. The van der Waals surface area contributed by atoms with Crippen LogP contribution in [0.2, 0.25) is 0 Å². The van der Waals surface area contributed by atoms with E-state index in [1.807, 2.05) is 32.9 Å². The Hall–Kier alpha value is -4.36. The van der Waals surface area contributed by atoms with Crippen molar-refractivity contribution in [3.05, 3.63) is 119 Å². The van der Waals surface area contributed by atoms with Crippen LogP contribution >= 0.6 is 0 Å². The van der Waals surface area contributed by atoms with E-state index >= 15 is 0 Å². The highest BCUT2D eigenvalue weighted by atomic mass is 32.2. The molecular weight excluding hydrogens is 674 g/mol. The molecule has 0 unspecified atom stereocenters. The molecule has 0 radical (unpaired) electrons. The Morgan fingerprint density at radius 3 is 1.47 bits per heavy atom. The van der Waals surface area contributed by atoms with Crippen molar-refractivity contribution in [2.24, 2.45) is 0 Å². The number of ketones is 1. The molecule has 0 atom stereocenters. The van der Waals surface area contributed by atoms with E-state index in [-0.39, 0.29) is 34.3 Å². The highest BCUT2D eigenvalue weighted by Crippen LogP contribution is 2.57. The highest BCUT2D eigenvalue weighted by Gasteiger charge is 2.72. The Labute approximate surface area is 280 Å². The molecule has 262 valence electrons. The van der Waals surface area contributed by atoms with E-state index in [1.54, 1.807) is 32.9 Å². The first-order valence-corrected chi connectivity index (χ1v) is 16.3. The summed E-state index contributed by atoms with van der Waals surface area (Å²) in [4.78, 5) is 11.7. The van der Waals surface area contributed by atoms with Gasteiger partial charge < -0.3 is 9.47 Å². The van der Waals surface area contributed by atoms with E-state index in [0.29, 0.717) is 29.8 Å². The van der Waals surface area contributed by atoms with Crippen molar-refractivity contribution in [1.82, 2.24) is 0 Å². The third-order valence-corrected chi connectivity index (χ3v) is 8.45. The normalized spacial score (nSPS) is 13.2. The molecule has 0 aliphatic carbocycles. The first-order valence-electron chi connectivity index (χ1n) is 14.8. The minimum absolute atomic E-state index is 0.00281. The van der Waals surface area contributed by atoms with Gasteiger partial charge in [-0.15, -0.1) is 0 Å². The standard InChI is InChI=1S/C36H34F6O6S/c1-32(2,3)24-11-7-22(8-12-24)31(43)23-9-16-27(17-10-23)47-29-20-15-26(21-30(29)49(44,45)46)34(35(37,38)39,36(40,41)42)25-13-18-28(19-14-25)48-33(4,5)6/h7-21H,1-6H3,(H,44,45,46). The van der Waals surface area contributed by atoms with Crippen LogP contribution in [0.3, 0.4) is 0 Å². The predicted octanol–water partition coefficient (Wildman–Crippen LogP) is 9.84. The minimum Gasteiger partial charge on any atom is -0.488 e. The third-order valence-electron chi connectivity index (χ3n) is 7.57. The molecule has 0 aliphatic heterocycles. The lowest BCUT2D eigenvalue weighted by Gasteiger charge is -2.38. The van der Waals surface area contributed by atoms with Crippen molar-refractivity contribution in [1.29, 1.82) is 0 Å². The largest absolute Gasteiger partial charge is 0.488 e. The van der Waals surface area contributed by atoms with Gasteiger partial charge in [0.1, 0.15) is 27.7 Å². The van der Waals surface area contributed by atoms with Crippen molar-refractivity contribution in [2.45, 2.75) is 75.2 Å². The Morgan fingerprint density at radius 2 is 1.04 bits per heavy atom. The number of benzene rings is 4. The van der Waals surface area contributed by atoms with Gasteiger partial charge in [-0.2, -0.15) is 34.8 Å². The molecule has 0 spiro atoms. The maximum atomic E-state index is 14.8. The van der Waals surface area contributed by atoms with Gasteiger partial charge in [0.25, 0.3) is 10.1 Å². The molecule has 4 aromatic carbocycles. The van der Waals surface area contributed by atoms with Crippen LogP contribution in [0.1, 0.15) is 74.2 Å². The summed E-state index contributed by atoms with van der Waals surface area (Å²) < 4.78 is 134. The topological polar surface area (TPSA) is 89.9 Å². The first-order chi connectivity index (χ1) is 22.3. The maximum absolute atomic E-state index is 14.8. The van der Waals surface area contributed by atoms with E-state index in [4.69, 9.17) is 9.47 Å². The van der Waals surface area contributed by atoms with Crippen LogP contribution in [-0.2, 0) is 20.9 Å². The molecule has 6 nitrogen and oxygen atoms in total. The fourth-order valence-corrected chi connectivity index (χ4v) is 5.87. The predicted molar refractivity (Wildman–Crippen MR) is 171 cm³/mol. The van der Waals surface area contributed by atoms with E-state index < -0.39 is 55.3 Å². The summed E-state index contributed by atoms with van der Waals surface area (Å²) in [5.74, 6) is -1.22. The zero-order valence-electron chi connectivity index (χ0n) is 27.3. The molecule has 0 saturated carbocycles. The minimum atomic E-state index is -6.04. The zero-order chi connectivity index (χ0) is 36.8. The smallest absolute Gasteiger partial charge is 0.411 e. The summed E-state index contributed by atoms with van der Waals surface area (Å²) in [6, 6.07) is 16.4. The van der Waals surface area contributed by atoms with Gasteiger partial charge in [0.05, 0.1) is 0 Å². The van der Waals surface area contributed by atoms with Crippen molar-refractivity contribution >= 4 is 15.9 Å². The summed E-state index contributed by atoms with van der Waals surface area (Å²) >= 11 is 0. The van der Waals surface area contributed by atoms with Gasteiger partial charge >= 0.3 is 12.4 Å². The lowest BCUT2D eigenvalue weighted by Crippen LogP contribution is -2.54. The number of hydrogen-bond donors (Lipinski definition) is 1. The second-order valence-corrected chi connectivity index (χ2v) is 14.8. The van der Waals surface area contributed by atoms with Gasteiger partial charge in [0.15, 0.2) is 5.78 Å². The molecule has 0 saturated heterocycles. The lowest BCUT2D eigenvalue weighted by atomic mass is 9.73. The van der Waals surface area contributed by atoms with E-state index in [9.17, 15) is 44.1 Å². The van der Waals surface area contributed by atoms with Gasteiger partial charge in [-0.3, -0.25) is 9.35 Å². The van der Waals surface area contributed by atoms with Crippen LogP contribution in [0.25, 0.3) is 0 Å². The zero-order valence-corrected chi connectivity index (χ0v) is 28.1. The summed E-state index contributed by atoms with van der Waals surface area (Å²) in [5.41, 5.74) is -6.83. The van der Waals surface area contributed by atoms with Crippen LogP contribution in [0.15, 0.2) is 95.9 Å². The molecule has 0 bridgehead atoms. The van der Waals surface area contributed by atoms with Crippen LogP contribution in [-0.4, -0.2) is 36.7 Å². The van der Waals surface area contributed by atoms with Crippen molar-refractivity contribution in [3.8, 4) is 17.2 Å². The monoisotopic (exact) mass is 708 g/mol. The molecule has 4 rings (SSSR count). The number of carbonyl (C=O) groups is 1. The quantitative estimate of drug-likeness (QED) is 0.111. The van der Waals surface area contributed by atoms with Gasteiger partial charge in [0, 0.05) is 11.1 Å². The van der Waals surface area contributed by atoms with Crippen molar-refractivity contribution in [3.63, 3.8) is 0 Å². The number of carbonyl (C=O) groups excluding carboxylic acids is 1. The molecule has 13 heteroatoms. The summed E-state index contributed by atoms with van der Waals surface area (Å²) in [6.45, 7) is 11.0. The van der Waals surface area contributed by atoms with Gasteiger partial charge in [0.2, 0.25) is 5.41 Å². The van der Waals surface area contributed by atoms with E-state index in [0.717, 1.165) is 17.7 Å². The van der Waals surface area contributed by atoms with Crippen molar-refractivity contribution < 1.29 is 53.6 Å². The lowest BCUT2D eigenvalue weighted by molar-refractivity contribution is -0.288. The molecule has 0 aromatic heterocycles. The van der Waals surface area contributed by atoms with Crippen LogP contribution < -0.4 is 9.47 Å². The molecule has 0 heterocycles. The number of rotatable bonds is 8. The summed E-state index contributed by atoms with van der Waals surface area (Å²) in [7, 11) is -5.44. The molecule has 0 amide bonds. The van der Waals surface area contributed by atoms with Gasteiger partial charge in [-0.25, -0.2) is 0 Å². The molecule has 0 fully saturated rings. The second kappa shape index (κ2) is 12.8. The maximum Gasteiger partial charge on any atom is 0.411 e. The Kier molecular flexibility index (Phi) is 9.81. The fourth-order valence-electron chi connectivity index (χ4n) is 5.23. The first kappa shape index (κ1) is 37.5. The summed E-state index contributed by atoms with van der Waals surface area (Å²) in [6.07, 6.45) is -12.1. The fraction of sp³-hybridized carbons (Fsp3) is 0.306. The SMILES string of the molecule is CC(C)(C)Oc1ccc(C(c2ccc(Oc3ccc(C(=O)c4ccc(C(C)(C)C)cc4)cc3)c(S(=O)(=O)O)c2)(C(F)(F)F)C(F)(F)F)cc1. The molecule has 4 aromatic rings. The van der Waals surface area contributed by atoms with Crippen LogP contribution in [0.4, 0.5) is 26.3 Å². The number of hydrogen-bond acceptors (Lipinski definition) is 5. The number of halogens is 6. The number of alkyl halides is 6. The molecule has 49 heavy (non-hydrogen) atoms. The Balaban J connectivity index is 1.75.